The van der Waals surface area contributed by atoms with E-state index in [0.29, 0.717) is 16.3 Å². The lowest BCUT2D eigenvalue weighted by molar-refractivity contribution is -0.110. The first-order valence-corrected chi connectivity index (χ1v) is 9.46. The van der Waals surface area contributed by atoms with Crippen LogP contribution in [0.2, 0.25) is 0 Å². The molecule has 0 saturated heterocycles. The zero-order chi connectivity index (χ0) is 18.8. The smallest absolute Gasteiger partial charge is 0.257 e. The maximum absolute atomic E-state index is 12.1. The second-order valence-corrected chi connectivity index (χ2v) is 6.62. The number of nitrogens with zero attached hydrogens (tertiary/aromatic N) is 2. The van der Waals surface area contributed by atoms with Gasteiger partial charge in [0.15, 0.2) is 11.0 Å². The van der Waals surface area contributed by atoms with Gasteiger partial charge in [-0.3, -0.25) is 4.79 Å². The van der Waals surface area contributed by atoms with Crippen molar-refractivity contribution in [1.82, 2.24) is 4.98 Å². The van der Waals surface area contributed by atoms with Crippen molar-refractivity contribution in [3.8, 4) is 5.88 Å². The Morgan fingerprint density at radius 3 is 2.78 bits per heavy atom. The number of aliphatic imine (C=N–C) groups is 2. The second kappa shape index (κ2) is 7.13. The van der Waals surface area contributed by atoms with E-state index in [4.69, 9.17) is 0 Å². The minimum Gasteiger partial charge on any atom is -0.494 e. The molecule has 7 heteroatoms. The van der Waals surface area contributed by atoms with E-state index in [1.807, 2.05) is 54.8 Å². The summed E-state index contributed by atoms with van der Waals surface area (Å²) in [6.07, 6.45) is 4.95. The summed E-state index contributed by atoms with van der Waals surface area (Å²) in [5, 5.41) is 14.3. The van der Waals surface area contributed by atoms with E-state index in [-0.39, 0.29) is 11.8 Å². The Kier molecular flexibility index (Phi) is 4.52. The van der Waals surface area contributed by atoms with Crippen LogP contribution in [0.25, 0.3) is 16.5 Å². The number of benzene rings is 2. The van der Waals surface area contributed by atoms with Gasteiger partial charge in [0.2, 0.25) is 0 Å². The fourth-order valence-corrected chi connectivity index (χ4v) is 3.24. The summed E-state index contributed by atoms with van der Waals surface area (Å²) in [6, 6.07) is 15.1. The number of carbonyl (C=O) groups excluding carboxylic acids is 1. The van der Waals surface area contributed by atoms with Gasteiger partial charge in [-0.2, -0.15) is 0 Å². The molecule has 1 aromatic heterocycles. The molecule has 0 saturated carbocycles. The standard InChI is InChI=1S/C20H16N4O2S/c1-27-20(21-10-14-12-6-2-4-8-16(12)23-18(14)25)22-11-15-13-7-3-5-9-17(13)24-19(15)26/h2-11,23,25H,1H3,(H,24,26)/b15-11+,21-10?,22-20?. The Labute approximate surface area is 159 Å². The maximum atomic E-state index is 12.1. The van der Waals surface area contributed by atoms with Gasteiger partial charge in [-0.1, -0.05) is 48.2 Å². The van der Waals surface area contributed by atoms with Crippen LogP contribution in [-0.4, -0.2) is 33.6 Å². The van der Waals surface area contributed by atoms with E-state index in [1.165, 1.54) is 18.0 Å². The predicted octanol–water partition coefficient (Wildman–Crippen LogP) is 4.00. The van der Waals surface area contributed by atoms with Crippen molar-refractivity contribution >= 4 is 51.2 Å². The van der Waals surface area contributed by atoms with Crippen LogP contribution < -0.4 is 5.32 Å². The molecule has 0 bridgehead atoms. The Balaban J connectivity index is 1.65. The van der Waals surface area contributed by atoms with Crippen LogP contribution >= 0.6 is 11.8 Å². The molecular weight excluding hydrogens is 360 g/mol. The van der Waals surface area contributed by atoms with Crippen LogP contribution in [0.3, 0.4) is 0 Å². The second-order valence-electron chi connectivity index (χ2n) is 5.85. The molecule has 1 aliphatic heterocycles. The van der Waals surface area contributed by atoms with Crippen molar-refractivity contribution < 1.29 is 9.90 Å². The molecule has 6 nitrogen and oxygen atoms in total. The molecule has 4 rings (SSSR count). The van der Waals surface area contributed by atoms with Gasteiger partial charge in [-0.15, -0.1) is 0 Å². The number of amides is 1. The third-order valence-electron chi connectivity index (χ3n) is 4.23. The highest BCUT2D eigenvalue weighted by Gasteiger charge is 2.23. The molecule has 0 atom stereocenters. The molecule has 0 unspecified atom stereocenters. The predicted molar refractivity (Wildman–Crippen MR) is 112 cm³/mol. The maximum Gasteiger partial charge on any atom is 0.257 e. The van der Waals surface area contributed by atoms with Gasteiger partial charge < -0.3 is 15.4 Å². The zero-order valence-electron chi connectivity index (χ0n) is 14.4. The summed E-state index contributed by atoms with van der Waals surface area (Å²) in [5.41, 5.74) is 3.54. The van der Waals surface area contributed by atoms with E-state index < -0.39 is 0 Å². The number of rotatable bonds is 2. The van der Waals surface area contributed by atoms with E-state index in [2.05, 4.69) is 20.3 Å². The lowest BCUT2D eigenvalue weighted by Crippen LogP contribution is -2.03. The van der Waals surface area contributed by atoms with Crippen LogP contribution in [0, 0.1) is 0 Å². The number of aromatic nitrogens is 1. The molecule has 3 aromatic rings. The van der Waals surface area contributed by atoms with E-state index in [9.17, 15) is 9.90 Å². The van der Waals surface area contributed by atoms with Gasteiger partial charge in [0, 0.05) is 34.6 Å². The SMILES string of the molecule is CSC(N=Cc1c(O)[nH]c2ccccc12)=N/C=C1/C(=O)Nc2ccccc21. The van der Waals surface area contributed by atoms with Crippen molar-refractivity contribution in [3.05, 3.63) is 65.9 Å². The first-order valence-electron chi connectivity index (χ1n) is 8.24. The lowest BCUT2D eigenvalue weighted by Gasteiger charge is -1.97. The molecule has 134 valence electrons. The first-order chi connectivity index (χ1) is 13.2. The summed E-state index contributed by atoms with van der Waals surface area (Å²) >= 11 is 1.35. The number of aromatic hydroxyl groups is 1. The topological polar surface area (TPSA) is 89.8 Å². The molecule has 3 N–H and O–H groups in total. The molecule has 0 radical (unpaired) electrons. The van der Waals surface area contributed by atoms with Gasteiger partial charge in [0.05, 0.1) is 11.1 Å². The number of nitrogens with one attached hydrogen (secondary N) is 2. The average molecular weight is 376 g/mol. The number of fused-ring (bicyclic) bond motifs is 2. The van der Waals surface area contributed by atoms with Gasteiger partial charge in [-0.25, -0.2) is 9.98 Å². The minimum absolute atomic E-state index is 0.0582. The highest BCUT2D eigenvalue weighted by atomic mass is 32.2. The summed E-state index contributed by atoms with van der Waals surface area (Å²) in [6.45, 7) is 0. The third kappa shape index (κ3) is 3.24. The highest BCUT2D eigenvalue weighted by Crippen LogP contribution is 2.31. The average Bonchev–Trinajstić information content (AvgIpc) is 3.17. The van der Waals surface area contributed by atoms with E-state index in [1.54, 1.807) is 6.21 Å². The van der Waals surface area contributed by atoms with E-state index in [0.717, 1.165) is 22.2 Å². The normalized spacial score (nSPS) is 15.7. The van der Waals surface area contributed by atoms with Crippen LogP contribution in [0.4, 0.5) is 5.69 Å². The summed E-state index contributed by atoms with van der Waals surface area (Å²) in [7, 11) is 0. The minimum atomic E-state index is -0.182. The van der Waals surface area contributed by atoms with Crippen molar-refractivity contribution in [1.29, 1.82) is 0 Å². The van der Waals surface area contributed by atoms with Gasteiger partial charge >= 0.3 is 0 Å². The van der Waals surface area contributed by atoms with Crippen LogP contribution in [-0.2, 0) is 4.79 Å². The molecule has 0 aliphatic carbocycles. The van der Waals surface area contributed by atoms with E-state index >= 15 is 0 Å². The Bertz CT molecular complexity index is 1130. The van der Waals surface area contributed by atoms with Crippen LogP contribution in [0.15, 0.2) is 64.7 Å². The van der Waals surface area contributed by atoms with Crippen molar-refractivity contribution in [2.45, 2.75) is 0 Å². The number of aromatic amines is 1. The molecule has 0 fully saturated rings. The summed E-state index contributed by atoms with van der Waals surface area (Å²) in [5.74, 6) is -0.124. The Morgan fingerprint density at radius 1 is 1.15 bits per heavy atom. The largest absolute Gasteiger partial charge is 0.494 e. The summed E-state index contributed by atoms with van der Waals surface area (Å²) in [4.78, 5) is 23.8. The monoisotopic (exact) mass is 376 g/mol. The number of hydrogen-bond acceptors (Lipinski definition) is 4. The Hall–Kier alpha value is -3.32. The number of thioether (sulfide) groups is 1. The zero-order valence-corrected chi connectivity index (χ0v) is 15.2. The number of H-pyrrole nitrogens is 1. The fourth-order valence-electron chi connectivity index (χ4n) is 2.93. The van der Waals surface area contributed by atoms with Gasteiger partial charge in [0.25, 0.3) is 5.91 Å². The number of anilines is 1. The molecule has 2 heterocycles. The van der Waals surface area contributed by atoms with Gasteiger partial charge in [0.1, 0.15) is 0 Å². The third-order valence-corrected chi connectivity index (χ3v) is 4.80. The molecular formula is C20H16N4O2S. The Morgan fingerprint density at radius 2 is 1.93 bits per heavy atom. The lowest BCUT2D eigenvalue weighted by atomic mass is 10.1. The number of para-hydroxylation sites is 2. The molecule has 1 amide bonds. The molecule has 27 heavy (non-hydrogen) atoms. The number of carbonyl (C=O) groups is 1. The van der Waals surface area contributed by atoms with Crippen molar-refractivity contribution in [2.24, 2.45) is 9.98 Å². The fraction of sp³-hybridized carbons (Fsp3) is 0.0500. The highest BCUT2D eigenvalue weighted by molar-refractivity contribution is 8.13. The van der Waals surface area contributed by atoms with Gasteiger partial charge in [-0.05, 0) is 18.4 Å². The van der Waals surface area contributed by atoms with Crippen molar-refractivity contribution in [3.63, 3.8) is 0 Å². The molecule has 1 aliphatic rings. The van der Waals surface area contributed by atoms with Crippen molar-refractivity contribution in [2.75, 3.05) is 11.6 Å². The molecule has 2 aromatic carbocycles. The number of amidine groups is 1. The number of hydrogen-bond donors (Lipinski definition) is 3. The quantitative estimate of drug-likeness (QED) is 0.359. The molecule has 0 spiro atoms. The summed E-state index contributed by atoms with van der Waals surface area (Å²) < 4.78 is 0. The van der Waals surface area contributed by atoms with Crippen LogP contribution in [0.1, 0.15) is 11.1 Å². The van der Waals surface area contributed by atoms with Crippen LogP contribution in [0.5, 0.6) is 5.88 Å². The first kappa shape index (κ1) is 17.1.